The van der Waals surface area contributed by atoms with E-state index in [9.17, 15) is 9.90 Å². The molecule has 0 unspecified atom stereocenters. The molecule has 0 aromatic carbocycles. The number of hydrogen-bond donors (Lipinski definition) is 1. The van der Waals surface area contributed by atoms with Crippen LogP contribution in [0.2, 0.25) is 0 Å². The van der Waals surface area contributed by atoms with Crippen LogP contribution in [-0.2, 0) is 4.74 Å². The number of aliphatic hydroxyl groups is 1. The van der Waals surface area contributed by atoms with Crippen LogP contribution < -0.4 is 0 Å². The van der Waals surface area contributed by atoms with Crippen LogP contribution in [-0.4, -0.2) is 39.3 Å². The van der Waals surface area contributed by atoms with E-state index in [0.29, 0.717) is 13.0 Å². The van der Waals surface area contributed by atoms with Crippen molar-refractivity contribution in [3.63, 3.8) is 0 Å². The normalized spacial score (nSPS) is 24.3. The average molecular weight is 270 g/mol. The molecule has 2 heterocycles. The van der Waals surface area contributed by atoms with Gasteiger partial charge in [0.15, 0.2) is 0 Å². The number of likely N-dealkylation sites (tertiary alicyclic amines) is 1. The van der Waals surface area contributed by atoms with Gasteiger partial charge >= 0.3 is 6.09 Å². The van der Waals surface area contributed by atoms with Crippen LogP contribution in [0.15, 0.2) is 11.7 Å². The molecule has 1 saturated heterocycles. The summed E-state index contributed by atoms with van der Waals surface area (Å²) in [6.45, 7) is 5.81. The van der Waals surface area contributed by atoms with E-state index in [1.165, 1.54) is 11.3 Å². The molecular formula is C12H18N2O3S. The molecule has 0 radical (unpaired) electrons. The number of carbonyl (C=O) groups excluding carboxylic acids is 1. The number of carbonyl (C=O) groups is 1. The van der Waals surface area contributed by atoms with Gasteiger partial charge in [-0.05, 0) is 20.8 Å². The number of amides is 1. The van der Waals surface area contributed by atoms with Gasteiger partial charge in [0.25, 0.3) is 0 Å². The molecule has 0 spiro atoms. The Kier molecular flexibility index (Phi) is 3.59. The monoisotopic (exact) mass is 270 g/mol. The zero-order chi connectivity index (χ0) is 13.3. The molecule has 2 atom stereocenters. The molecule has 18 heavy (non-hydrogen) atoms. The van der Waals surface area contributed by atoms with E-state index in [4.69, 9.17) is 4.74 Å². The van der Waals surface area contributed by atoms with E-state index in [1.54, 1.807) is 16.6 Å². The van der Waals surface area contributed by atoms with Gasteiger partial charge in [-0.3, -0.25) is 9.88 Å². The van der Waals surface area contributed by atoms with E-state index in [2.05, 4.69) is 4.98 Å². The predicted molar refractivity (Wildman–Crippen MR) is 68.4 cm³/mol. The van der Waals surface area contributed by atoms with Crippen LogP contribution in [0.25, 0.3) is 0 Å². The highest BCUT2D eigenvalue weighted by atomic mass is 32.1. The Labute approximate surface area is 110 Å². The first-order valence-electron chi connectivity index (χ1n) is 5.93. The molecule has 1 aliphatic heterocycles. The number of aromatic nitrogens is 1. The molecule has 0 aliphatic carbocycles. The van der Waals surface area contributed by atoms with Gasteiger partial charge in [-0.25, -0.2) is 4.79 Å². The lowest BCUT2D eigenvalue weighted by Crippen LogP contribution is -2.37. The van der Waals surface area contributed by atoms with Crippen LogP contribution in [0.3, 0.4) is 0 Å². The molecule has 2 rings (SSSR count). The van der Waals surface area contributed by atoms with Crippen molar-refractivity contribution in [3.05, 3.63) is 16.6 Å². The second-order valence-corrected chi connectivity index (χ2v) is 6.36. The van der Waals surface area contributed by atoms with Gasteiger partial charge in [0.05, 0.1) is 24.2 Å². The van der Waals surface area contributed by atoms with Gasteiger partial charge in [-0.1, -0.05) is 0 Å². The number of ether oxygens (including phenoxy) is 1. The number of thiazole rings is 1. The number of rotatable bonds is 1. The molecular weight excluding hydrogens is 252 g/mol. The summed E-state index contributed by atoms with van der Waals surface area (Å²) in [7, 11) is 0. The summed E-state index contributed by atoms with van der Waals surface area (Å²) in [5.41, 5.74) is 1.20. The second kappa shape index (κ2) is 4.85. The third-order valence-corrected chi connectivity index (χ3v) is 3.56. The Balaban J connectivity index is 2.13. The Morgan fingerprint density at radius 1 is 1.61 bits per heavy atom. The summed E-state index contributed by atoms with van der Waals surface area (Å²) in [5, 5.41) is 9.75. The van der Waals surface area contributed by atoms with Crippen molar-refractivity contribution in [2.24, 2.45) is 0 Å². The highest BCUT2D eigenvalue weighted by Gasteiger charge is 2.38. The molecule has 1 fully saturated rings. The van der Waals surface area contributed by atoms with Crippen LogP contribution in [0.4, 0.5) is 4.79 Å². The standard InChI is InChI=1S/C12H18N2O3S/c1-12(2,3)17-11(16)14-6-8(15)4-9(14)10-5-13-7-18-10/h5,7-9,15H,4,6H2,1-3H3/t8-,9+/m0/s1. The Bertz CT molecular complexity index is 413. The Hall–Kier alpha value is -1.14. The van der Waals surface area contributed by atoms with Gasteiger partial charge in [0.2, 0.25) is 0 Å². The van der Waals surface area contributed by atoms with E-state index < -0.39 is 11.7 Å². The highest BCUT2D eigenvalue weighted by Crippen LogP contribution is 2.35. The minimum atomic E-state index is -0.525. The number of β-amino-alcohol motifs (C(OH)–C–C–N with tert-alkyl or cyclic N) is 1. The minimum absolute atomic E-state index is 0.123. The lowest BCUT2D eigenvalue weighted by Gasteiger charge is -2.27. The van der Waals surface area contributed by atoms with Crippen molar-refractivity contribution < 1.29 is 14.6 Å². The number of hydrogen-bond acceptors (Lipinski definition) is 5. The maximum Gasteiger partial charge on any atom is 0.410 e. The van der Waals surface area contributed by atoms with E-state index in [1.807, 2.05) is 20.8 Å². The van der Waals surface area contributed by atoms with Crippen LogP contribution in [0, 0.1) is 0 Å². The molecule has 5 nitrogen and oxygen atoms in total. The summed E-state index contributed by atoms with van der Waals surface area (Å²) >= 11 is 1.49. The third kappa shape index (κ3) is 3.00. The number of aliphatic hydroxyl groups excluding tert-OH is 1. The molecule has 100 valence electrons. The average Bonchev–Trinajstić information content (AvgIpc) is 2.82. The highest BCUT2D eigenvalue weighted by molar-refractivity contribution is 7.09. The van der Waals surface area contributed by atoms with E-state index >= 15 is 0 Å². The summed E-state index contributed by atoms with van der Waals surface area (Å²) in [6, 6.07) is -0.123. The summed E-state index contributed by atoms with van der Waals surface area (Å²) < 4.78 is 5.36. The molecule has 1 aromatic heterocycles. The number of nitrogens with zero attached hydrogens (tertiary/aromatic N) is 2. The molecule has 1 aromatic rings. The van der Waals surface area contributed by atoms with Crippen LogP contribution >= 0.6 is 11.3 Å². The van der Waals surface area contributed by atoms with Crippen molar-refractivity contribution >= 4 is 17.4 Å². The third-order valence-electron chi connectivity index (χ3n) is 2.69. The van der Waals surface area contributed by atoms with Gasteiger partial charge in [-0.15, -0.1) is 11.3 Å². The molecule has 1 N–H and O–H groups in total. The van der Waals surface area contributed by atoms with Gasteiger partial charge in [0, 0.05) is 17.5 Å². The predicted octanol–water partition coefficient (Wildman–Crippen LogP) is 2.19. The second-order valence-electron chi connectivity index (χ2n) is 5.44. The van der Waals surface area contributed by atoms with Gasteiger partial charge in [-0.2, -0.15) is 0 Å². The van der Waals surface area contributed by atoms with E-state index in [0.717, 1.165) is 4.88 Å². The fourth-order valence-corrected chi connectivity index (χ4v) is 2.74. The molecule has 1 amide bonds. The topological polar surface area (TPSA) is 62.7 Å². The molecule has 6 heteroatoms. The summed E-state index contributed by atoms with van der Waals surface area (Å²) in [5.74, 6) is 0. The summed E-state index contributed by atoms with van der Waals surface area (Å²) in [6.07, 6.45) is 1.41. The quantitative estimate of drug-likeness (QED) is 0.849. The van der Waals surface area contributed by atoms with Crippen molar-refractivity contribution in [1.29, 1.82) is 0 Å². The molecule has 0 bridgehead atoms. The van der Waals surface area contributed by atoms with Crippen molar-refractivity contribution in [2.45, 2.75) is 44.9 Å². The zero-order valence-electron chi connectivity index (χ0n) is 10.8. The minimum Gasteiger partial charge on any atom is -0.444 e. The van der Waals surface area contributed by atoms with Crippen molar-refractivity contribution in [3.8, 4) is 0 Å². The maximum absolute atomic E-state index is 12.1. The Morgan fingerprint density at radius 3 is 2.89 bits per heavy atom. The van der Waals surface area contributed by atoms with Crippen molar-refractivity contribution in [2.75, 3.05) is 6.54 Å². The first kappa shape index (κ1) is 13.3. The maximum atomic E-state index is 12.1. The SMILES string of the molecule is CC(C)(C)OC(=O)N1C[C@@H](O)C[C@@H]1c1cncs1. The fourth-order valence-electron chi connectivity index (χ4n) is 2.00. The first-order valence-corrected chi connectivity index (χ1v) is 6.81. The van der Waals surface area contributed by atoms with Crippen molar-refractivity contribution in [1.82, 2.24) is 9.88 Å². The largest absolute Gasteiger partial charge is 0.444 e. The van der Waals surface area contributed by atoms with Gasteiger partial charge in [0.1, 0.15) is 5.60 Å². The fraction of sp³-hybridized carbons (Fsp3) is 0.667. The van der Waals surface area contributed by atoms with Gasteiger partial charge < -0.3 is 9.84 Å². The smallest absolute Gasteiger partial charge is 0.410 e. The van der Waals surface area contributed by atoms with E-state index in [-0.39, 0.29) is 12.1 Å². The zero-order valence-corrected chi connectivity index (χ0v) is 11.6. The Morgan fingerprint density at radius 2 is 2.33 bits per heavy atom. The molecule has 1 aliphatic rings. The first-order chi connectivity index (χ1) is 8.37. The lowest BCUT2D eigenvalue weighted by molar-refractivity contribution is 0.0208. The molecule has 0 saturated carbocycles. The summed E-state index contributed by atoms with van der Waals surface area (Å²) in [4.78, 5) is 18.7. The lowest BCUT2D eigenvalue weighted by atomic mass is 10.2. The van der Waals surface area contributed by atoms with Crippen LogP contribution in [0.5, 0.6) is 0 Å². The van der Waals surface area contributed by atoms with Crippen LogP contribution in [0.1, 0.15) is 38.1 Å².